The van der Waals surface area contributed by atoms with Crippen molar-refractivity contribution in [3.8, 4) is 33.8 Å². The maximum Gasteiger partial charge on any atom is 0.117 e. The summed E-state index contributed by atoms with van der Waals surface area (Å²) in [5.41, 5.74) is 12.8. The zero-order valence-corrected chi connectivity index (χ0v) is 20.5. The Morgan fingerprint density at radius 3 is 1.71 bits per heavy atom. The molecule has 4 unspecified atom stereocenters. The van der Waals surface area contributed by atoms with Gasteiger partial charge in [0.05, 0.1) is 0 Å². The lowest BCUT2D eigenvalue weighted by atomic mass is 10.0. The van der Waals surface area contributed by atoms with Gasteiger partial charge in [-0.05, 0) is 88.4 Å². The molecule has 2 aliphatic carbocycles. The van der Waals surface area contributed by atoms with E-state index in [1.807, 2.05) is 18.2 Å². The molecule has 0 spiro atoms. The molecule has 2 fully saturated rings. The average Bonchev–Trinajstić information content (AvgIpc) is 3.77. The van der Waals surface area contributed by atoms with E-state index >= 15 is 0 Å². The second kappa shape index (κ2) is 9.77. The highest BCUT2D eigenvalue weighted by Crippen LogP contribution is 2.47. The van der Waals surface area contributed by atoms with Crippen LogP contribution in [0, 0.1) is 5.92 Å². The molecule has 0 radical (unpaired) electrons. The van der Waals surface area contributed by atoms with Gasteiger partial charge < -0.3 is 15.9 Å². The molecule has 35 heavy (non-hydrogen) atoms. The lowest BCUT2D eigenvalue weighted by molar-refractivity contribution is 0.475. The number of aromatic hydroxyl groups is 2. The monoisotopic (exact) mass is 483 g/mol. The van der Waals surface area contributed by atoms with Gasteiger partial charge in [0, 0.05) is 17.0 Å². The Morgan fingerprint density at radius 2 is 1.20 bits per heavy atom. The molecule has 178 valence electrons. The molecule has 2 saturated carbocycles. The number of phenolic OH excluding ortho intramolecular Hbond substituents is 2. The summed E-state index contributed by atoms with van der Waals surface area (Å²) in [6.45, 7) is 2.29. The summed E-state index contributed by atoms with van der Waals surface area (Å²) in [6.07, 6.45) is 2.41. The van der Waals surface area contributed by atoms with E-state index in [1.54, 1.807) is 24.3 Å². The second-order valence-corrected chi connectivity index (χ2v) is 10.3. The number of nitrogens with two attached hydrogens (primary N) is 1. The number of phenols is 2. The Kier molecular flexibility index (Phi) is 6.55. The maximum absolute atomic E-state index is 9.56. The van der Waals surface area contributed by atoms with Gasteiger partial charge in [0.15, 0.2) is 0 Å². The summed E-state index contributed by atoms with van der Waals surface area (Å²) in [4.78, 5) is 0. The van der Waals surface area contributed by atoms with Crippen molar-refractivity contribution < 1.29 is 10.2 Å². The normalized spacial score (nSPS) is 22.1. The van der Waals surface area contributed by atoms with Crippen molar-refractivity contribution in [1.82, 2.24) is 0 Å². The Bertz CT molecular complexity index is 1300. The van der Waals surface area contributed by atoms with E-state index in [-0.39, 0.29) is 5.75 Å². The summed E-state index contributed by atoms with van der Waals surface area (Å²) in [5.74, 6) is 2.62. The Labute approximate surface area is 211 Å². The van der Waals surface area contributed by atoms with Gasteiger partial charge >= 0.3 is 0 Å². The highest BCUT2D eigenvalue weighted by Gasteiger charge is 2.34. The van der Waals surface area contributed by atoms with E-state index in [2.05, 4.69) is 55.5 Å². The number of benzene rings is 4. The quantitative estimate of drug-likeness (QED) is 0.278. The van der Waals surface area contributed by atoms with Crippen molar-refractivity contribution in [2.45, 2.75) is 37.6 Å². The standard InChI is InChI=1S/C16H15ClO.C15H15NO/c1-10-6-16(10)12-4-2-11(3-5-12)13-7-14(17)9-15(18)8-13;16-15-9-14(15)11-6-4-10(5-7-11)12-2-1-3-13(17)8-12/h2-5,7-10,16,18H,6H2,1H3;1-8,14-15,17H,9,16H2. The maximum atomic E-state index is 9.56. The molecular formula is C31H30ClNO2. The van der Waals surface area contributed by atoms with Crippen LogP contribution in [-0.4, -0.2) is 16.3 Å². The highest BCUT2D eigenvalue weighted by atomic mass is 35.5. The van der Waals surface area contributed by atoms with Crippen molar-refractivity contribution >= 4 is 11.6 Å². The van der Waals surface area contributed by atoms with Crippen molar-refractivity contribution in [3.05, 3.63) is 107 Å². The van der Waals surface area contributed by atoms with Gasteiger partial charge in [0.2, 0.25) is 0 Å². The number of rotatable bonds is 4. The largest absolute Gasteiger partial charge is 0.508 e. The van der Waals surface area contributed by atoms with Gasteiger partial charge in [-0.2, -0.15) is 0 Å². The summed E-state index contributed by atoms with van der Waals surface area (Å²) in [6, 6.07) is 29.8. The minimum absolute atomic E-state index is 0.206. The molecule has 2 aliphatic rings. The van der Waals surface area contributed by atoms with Gasteiger partial charge in [-0.1, -0.05) is 79.2 Å². The molecule has 0 amide bonds. The zero-order valence-electron chi connectivity index (χ0n) is 19.7. The van der Waals surface area contributed by atoms with Gasteiger partial charge in [0.25, 0.3) is 0 Å². The third kappa shape index (κ3) is 5.70. The van der Waals surface area contributed by atoms with E-state index in [0.29, 0.717) is 22.7 Å². The molecule has 0 aromatic heterocycles. The lowest BCUT2D eigenvalue weighted by Gasteiger charge is -2.05. The molecule has 4 atom stereocenters. The molecule has 0 heterocycles. The zero-order chi connectivity index (χ0) is 24.5. The SMILES string of the molecule is CC1CC1c1ccc(-c2cc(O)cc(Cl)c2)cc1.NC1CC1c1ccc(-c2cccc(O)c2)cc1. The van der Waals surface area contributed by atoms with Gasteiger partial charge in [-0.15, -0.1) is 0 Å². The fraction of sp³-hybridized carbons (Fsp3) is 0.226. The first kappa shape index (κ1) is 23.5. The smallest absolute Gasteiger partial charge is 0.117 e. The van der Waals surface area contributed by atoms with E-state index in [1.165, 1.54) is 17.5 Å². The Morgan fingerprint density at radius 1 is 0.657 bits per heavy atom. The molecule has 0 bridgehead atoms. The van der Waals surface area contributed by atoms with E-state index < -0.39 is 0 Å². The predicted molar refractivity (Wildman–Crippen MR) is 144 cm³/mol. The van der Waals surface area contributed by atoms with Gasteiger partial charge in [0.1, 0.15) is 11.5 Å². The molecule has 4 N–H and O–H groups in total. The molecular weight excluding hydrogens is 454 g/mol. The minimum Gasteiger partial charge on any atom is -0.508 e. The highest BCUT2D eigenvalue weighted by molar-refractivity contribution is 6.31. The van der Waals surface area contributed by atoms with Crippen molar-refractivity contribution in [3.63, 3.8) is 0 Å². The average molecular weight is 484 g/mol. The summed E-state index contributed by atoms with van der Waals surface area (Å²) < 4.78 is 0. The van der Waals surface area contributed by atoms with Crippen LogP contribution in [-0.2, 0) is 0 Å². The van der Waals surface area contributed by atoms with E-state index in [0.717, 1.165) is 40.5 Å². The first-order valence-corrected chi connectivity index (χ1v) is 12.5. The molecule has 6 rings (SSSR count). The summed E-state index contributed by atoms with van der Waals surface area (Å²) in [7, 11) is 0. The van der Waals surface area contributed by atoms with Crippen LogP contribution in [0.2, 0.25) is 5.02 Å². The summed E-state index contributed by atoms with van der Waals surface area (Å²) >= 11 is 5.95. The lowest BCUT2D eigenvalue weighted by Crippen LogP contribution is -2.00. The Hall–Kier alpha value is -3.27. The van der Waals surface area contributed by atoms with E-state index in [4.69, 9.17) is 17.3 Å². The second-order valence-electron chi connectivity index (χ2n) is 9.82. The fourth-order valence-electron chi connectivity index (χ4n) is 4.66. The van der Waals surface area contributed by atoms with Crippen LogP contribution in [0.3, 0.4) is 0 Å². The van der Waals surface area contributed by atoms with E-state index in [9.17, 15) is 10.2 Å². The molecule has 0 saturated heterocycles. The van der Waals surface area contributed by atoms with Crippen LogP contribution in [0.15, 0.2) is 91.0 Å². The summed E-state index contributed by atoms with van der Waals surface area (Å²) in [5, 5.41) is 19.6. The molecule has 4 aromatic rings. The van der Waals surface area contributed by atoms with Crippen LogP contribution in [0.5, 0.6) is 11.5 Å². The molecule has 3 nitrogen and oxygen atoms in total. The first-order chi connectivity index (χ1) is 16.9. The third-order valence-corrected chi connectivity index (χ3v) is 7.24. The number of hydrogen-bond donors (Lipinski definition) is 3. The van der Waals surface area contributed by atoms with Crippen LogP contribution >= 0.6 is 11.6 Å². The van der Waals surface area contributed by atoms with Crippen LogP contribution in [0.1, 0.15) is 42.7 Å². The number of hydrogen-bond acceptors (Lipinski definition) is 3. The molecule has 0 aliphatic heterocycles. The van der Waals surface area contributed by atoms with Crippen molar-refractivity contribution in [1.29, 1.82) is 0 Å². The molecule has 4 aromatic carbocycles. The van der Waals surface area contributed by atoms with Crippen molar-refractivity contribution in [2.75, 3.05) is 0 Å². The fourth-order valence-corrected chi connectivity index (χ4v) is 4.89. The predicted octanol–water partition coefficient (Wildman–Crippen LogP) is 7.71. The van der Waals surface area contributed by atoms with Crippen LogP contribution in [0.25, 0.3) is 22.3 Å². The minimum atomic E-state index is 0.206. The Balaban J connectivity index is 0.000000145. The van der Waals surface area contributed by atoms with Crippen LogP contribution in [0.4, 0.5) is 0 Å². The van der Waals surface area contributed by atoms with Crippen LogP contribution < -0.4 is 5.73 Å². The number of halogens is 1. The van der Waals surface area contributed by atoms with Gasteiger partial charge in [-0.25, -0.2) is 0 Å². The third-order valence-electron chi connectivity index (χ3n) is 7.02. The topological polar surface area (TPSA) is 66.5 Å². The first-order valence-electron chi connectivity index (χ1n) is 12.1. The van der Waals surface area contributed by atoms with Crippen molar-refractivity contribution in [2.24, 2.45) is 11.7 Å². The van der Waals surface area contributed by atoms with Gasteiger partial charge in [-0.3, -0.25) is 0 Å². The molecule has 4 heteroatoms.